The fourth-order valence-corrected chi connectivity index (χ4v) is 3.81. The van der Waals surface area contributed by atoms with Crippen molar-refractivity contribution in [3.05, 3.63) is 52.0 Å². The lowest BCUT2D eigenvalue weighted by molar-refractivity contribution is 0.0108. The van der Waals surface area contributed by atoms with Gasteiger partial charge < -0.3 is 14.1 Å². The average Bonchev–Trinajstić information content (AvgIpc) is 3.04. The first-order valence-electron chi connectivity index (χ1n) is 8.74. The van der Waals surface area contributed by atoms with E-state index >= 15 is 0 Å². The fourth-order valence-electron chi connectivity index (χ4n) is 3.29. The van der Waals surface area contributed by atoms with Gasteiger partial charge in [-0.3, -0.25) is 0 Å². The second-order valence-electron chi connectivity index (χ2n) is 6.79. The Hall–Kier alpha value is -2.08. The van der Waals surface area contributed by atoms with Crippen LogP contribution in [0.25, 0.3) is 22.6 Å². The molecule has 0 bridgehead atoms. The maximum atomic E-state index is 12.5. The highest BCUT2D eigenvalue weighted by Gasteiger charge is 2.22. The van der Waals surface area contributed by atoms with Crippen molar-refractivity contribution in [2.45, 2.75) is 18.9 Å². The van der Waals surface area contributed by atoms with Gasteiger partial charge in [-0.15, -0.1) is 0 Å². The van der Waals surface area contributed by atoms with Crippen LogP contribution in [0.15, 0.2) is 40.8 Å². The fraction of sp³-hybridized carbons (Fsp3) is 0.300. The maximum absolute atomic E-state index is 12.5. The van der Waals surface area contributed by atoms with Crippen LogP contribution in [0.5, 0.6) is 0 Å². The number of esters is 1. The molecule has 0 N–H and O–H groups in total. The van der Waals surface area contributed by atoms with Crippen molar-refractivity contribution in [3.63, 3.8) is 0 Å². The standard InChI is InChI=1S/C20H18Cl2N2O3/c1-24-6-2-3-16(11-24)26-20(25)12-4-5-17-18(9-12)27-19(23-17)13-7-14(21)10-15(22)8-13/h4-5,7-10,16H,2-3,6,11H2,1H3. The third kappa shape index (κ3) is 4.10. The van der Waals surface area contributed by atoms with E-state index in [1.165, 1.54) is 0 Å². The van der Waals surface area contributed by atoms with Gasteiger partial charge in [-0.2, -0.15) is 0 Å². The quantitative estimate of drug-likeness (QED) is 0.571. The lowest BCUT2D eigenvalue weighted by atomic mass is 10.1. The molecule has 4 rings (SSSR count). The highest BCUT2D eigenvalue weighted by molar-refractivity contribution is 6.35. The molecule has 1 saturated heterocycles. The lowest BCUT2D eigenvalue weighted by Crippen LogP contribution is -2.38. The number of fused-ring (bicyclic) bond motifs is 1. The number of likely N-dealkylation sites (tertiary alicyclic amines) is 1. The molecule has 3 aromatic rings. The van der Waals surface area contributed by atoms with E-state index in [1.54, 1.807) is 36.4 Å². The predicted molar refractivity (Wildman–Crippen MR) is 105 cm³/mol. The van der Waals surface area contributed by atoms with Crippen molar-refractivity contribution >= 4 is 40.3 Å². The van der Waals surface area contributed by atoms with Gasteiger partial charge in [-0.1, -0.05) is 23.2 Å². The number of nitrogens with zero attached hydrogens (tertiary/aromatic N) is 2. The van der Waals surface area contributed by atoms with Gasteiger partial charge in [0.25, 0.3) is 0 Å². The summed E-state index contributed by atoms with van der Waals surface area (Å²) in [5.41, 5.74) is 2.28. The molecule has 0 spiro atoms. The van der Waals surface area contributed by atoms with Crippen LogP contribution in [0, 0.1) is 0 Å². The minimum Gasteiger partial charge on any atom is -0.457 e. The van der Waals surface area contributed by atoms with Crippen LogP contribution in [0.1, 0.15) is 23.2 Å². The molecule has 27 heavy (non-hydrogen) atoms. The summed E-state index contributed by atoms with van der Waals surface area (Å²) < 4.78 is 11.5. The van der Waals surface area contributed by atoms with Gasteiger partial charge in [0.15, 0.2) is 5.58 Å². The minimum atomic E-state index is -0.346. The number of hydrogen-bond donors (Lipinski definition) is 0. The number of carbonyl (C=O) groups excluding carboxylic acids is 1. The molecule has 0 amide bonds. The van der Waals surface area contributed by atoms with Gasteiger partial charge in [-0.25, -0.2) is 9.78 Å². The van der Waals surface area contributed by atoms with Gasteiger partial charge >= 0.3 is 5.97 Å². The zero-order valence-electron chi connectivity index (χ0n) is 14.7. The van der Waals surface area contributed by atoms with Crippen molar-refractivity contribution in [1.29, 1.82) is 0 Å². The molecule has 1 unspecified atom stereocenters. The molecule has 140 valence electrons. The predicted octanol–water partition coefficient (Wildman–Crippen LogP) is 5.05. The van der Waals surface area contributed by atoms with Crippen LogP contribution in [-0.4, -0.2) is 42.1 Å². The van der Waals surface area contributed by atoms with Crippen molar-refractivity contribution in [1.82, 2.24) is 9.88 Å². The summed E-state index contributed by atoms with van der Waals surface area (Å²) in [6.45, 7) is 1.80. The van der Waals surface area contributed by atoms with Crippen LogP contribution in [0.3, 0.4) is 0 Å². The summed E-state index contributed by atoms with van der Waals surface area (Å²) in [6.07, 6.45) is 1.84. The zero-order valence-corrected chi connectivity index (χ0v) is 16.3. The van der Waals surface area contributed by atoms with Crippen molar-refractivity contribution in [2.75, 3.05) is 20.1 Å². The Morgan fingerprint density at radius 3 is 2.74 bits per heavy atom. The number of rotatable bonds is 3. The van der Waals surface area contributed by atoms with E-state index in [-0.39, 0.29) is 12.1 Å². The van der Waals surface area contributed by atoms with E-state index in [2.05, 4.69) is 9.88 Å². The molecule has 0 aliphatic carbocycles. The van der Waals surface area contributed by atoms with E-state index in [4.69, 9.17) is 32.4 Å². The molecular formula is C20H18Cl2N2O3. The number of ether oxygens (including phenoxy) is 1. The molecule has 2 heterocycles. The Morgan fingerprint density at radius 1 is 1.22 bits per heavy atom. The van der Waals surface area contributed by atoms with Crippen molar-refractivity contribution < 1.29 is 13.9 Å². The Balaban J connectivity index is 1.58. The maximum Gasteiger partial charge on any atom is 0.338 e. The summed E-state index contributed by atoms with van der Waals surface area (Å²) in [6, 6.07) is 10.2. The normalized spacial score (nSPS) is 18.0. The van der Waals surface area contributed by atoms with Crippen LogP contribution >= 0.6 is 23.2 Å². The van der Waals surface area contributed by atoms with Gasteiger partial charge in [0.1, 0.15) is 11.6 Å². The zero-order chi connectivity index (χ0) is 19.0. The second-order valence-corrected chi connectivity index (χ2v) is 7.66. The second kappa shape index (κ2) is 7.50. The molecule has 1 aromatic heterocycles. The summed E-state index contributed by atoms with van der Waals surface area (Å²) in [5, 5.41) is 1.00. The molecular weight excluding hydrogens is 387 g/mol. The van der Waals surface area contributed by atoms with Crippen LogP contribution in [0.2, 0.25) is 10.0 Å². The Labute approximate surface area is 166 Å². The summed E-state index contributed by atoms with van der Waals surface area (Å²) in [5.74, 6) is 0.0507. The molecule has 1 aliphatic heterocycles. The minimum absolute atomic E-state index is 0.0779. The van der Waals surface area contributed by atoms with Gasteiger partial charge in [0.05, 0.1) is 5.56 Å². The highest BCUT2D eigenvalue weighted by Crippen LogP contribution is 2.29. The topological polar surface area (TPSA) is 55.6 Å². The number of oxazole rings is 1. The van der Waals surface area contributed by atoms with E-state index in [9.17, 15) is 4.79 Å². The lowest BCUT2D eigenvalue weighted by Gasteiger charge is -2.29. The van der Waals surface area contributed by atoms with E-state index in [0.717, 1.165) is 25.9 Å². The SMILES string of the molecule is CN1CCCC(OC(=O)c2ccc3nc(-c4cc(Cl)cc(Cl)c4)oc3c2)C1. The van der Waals surface area contributed by atoms with Crippen molar-refractivity contribution in [3.8, 4) is 11.5 Å². The molecule has 5 nitrogen and oxygen atoms in total. The number of likely N-dealkylation sites (N-methyl/N-ethyl adjacent to an activating group) is 1. The number of hydrogen-bond acceptors (Lipinski definition) is 5. The smallest absolute Gasteiger partial charge is 0.338 e. The molecule has 0 saturated carbocycles. The van der Waals surface area contributed by atoms with Gasteiger partial charge in [0, 0.05) is 22.2 Å². The number of halogens is 2. The average molecular weight is 405 g/mol. The van der Waals surface area contributed by atoms with Gasteiger partial charge in [-0.05, 0) is 62.8 Å². The molecule has 2 aromatic carbocycles. The van der Waals surface area contributed by atoms with Crippen LogP contribution in [0.4, 0.5) is 0 Å². The van der Waals surface area contributed by atoms with Crippen LogP contribution < -0.4 is 0 Å². The summed E-state index contributed by atoms with van der Waals surface area (Å²) in [4.78, 5) is 19.1. The van der Waals surface area contributed by atoms with Crippen LogP contribution in [-0.2, 0) is 4.74 Å². The van der Waals surface area contributed by atoms with E-state index < -0.39 is 0 Å². The third-order valence-corrected chi connectivity index (χ3v) is 5.03. The first kappa shape index (κ1) is 18.3. The highest BCUT2D eigenvalue weighted by atomic mass is 35.5. The van der Waals surface area contributed by atoms with E-state index in [0.29, 0.717) is 38.2 Å². The molecule has 7 heteroatoms. The largest absolute Gasteiger partial charge is 0.457 e. The summed E-state index contributed by atoms with van der Waals surface area (Å²) in [7, 11) is 2.03. The number of aromatic nitrogens is 1. The van der Waals surface area contributed by atoms with Gasteiger partial charge in [0.2, 0.25) is 5.89 Å². The monoisotopic (exact) mass is 404 g/mol. The Morgan fingerprint density at radius 2 is 2.00 bits per heavy atom. The Kier molecular flexibility index (Phi) is 5.08. The van der Waals surface area contributed by atoms with Crippen molar-refractivity contribution in [2.24, 2.45) is 0 Å². The molecule has 1 fully saturated rings. The first-order valence-corrected chi connectivity index (χ1v) is 9.50. The molecule has 1 aliphatic rings. The third-order valence-electron chi connectivity index (χ3n) is 4.59. The molecule has 1 atom stereocenters. The first-order chi connectivity index (χ1) is 13.0. The Bertz CT molecular complexity index is 982. The number of carbonyl (C=O) groups is 1. The number of benzene rings is 2. The van der Waals surface area contributed by atoms with E-state index in [1.807, 2.05) is 7.05 Å². The molecule has 0 radical (unpaired) electrons. The summed E-state index contributed by atoms with van der Waals surface area (Å²) >= 11 is 12.1. The number of piperidine rings is 1.